The Hall–Kier alpha value is -1.78. The summed E-state index contributed by atoms with van der Waals surface area (Å²) in [6, 6.07) is 5.36. The van der Waals surface area contributed by atoms with Crippen molar-refractivity contribution in [3.63, 3.8) is 0 Å². The molecular formula is C22H30Cl2N2O2. The largest absolute Gasteiger partial charge is 0.493 e. The van der Waals surface area contributed by atoms with Crippen molar-refractivity contribution in [3.05, 3.63) is 51.8 Å². The van der Waals surface area contributed by atoms with Gasteiger partial charge in [-0.25, -0.2) is 0 Å². The lowest BCUT2D eigenvalue weighted by Crippen LogP contribution is -2.13. The molecule has 1 N–H and O–H groups in total. The summed E-state index contributed by atoms with van der Waals surface area (Å²) in [5, 5.41) is 3.31. The van der Waals surface area contributed by atoms with E-state index in [1.54, 1.807) is 12.1 Å². The molecule has 6 heteroatoms. The summed E-state index contributed by atoms with van der Waals surface area (Å²) >= 11 is 12.0. The lowest BCUT2D eigenvalue weighted by molar-refractivity contribution is 0.102. The zero-order chi connectivity index (χ0) is 21.1. The van der Waals surface area contributed by atoms with Crippen LogP contribution >= 0.6 is 23.2 Å². The Morgan fingerprint density at radius 3 is 2.29 bits per heavy atom. The maximum Gasteiger partial charge on any atom is 0.255 e. The number of hydrogen-bond acceptors (Lipinski definition) is 3. The van der Waals surface area contributed by atoms with Gasteiger partial charge in [0.15, 0.2) is 0 Å². The van der Waals surface area contributed by atoms with Gasteiger partial charge in [0.05, 0.1) is 22.3 Å². The summed E-state index contributed by atoms with van der Waals surface area (Å²) in [6.45, 7) is 10.9. The van der Waals surface area contributed by atoms with E-state index < -0.39 is 0 Å². The van der Waals surface area contributed by atoms with E-state index in [0.717, 1.165) is 11.3 Å². The third kappa shape index (κ3) is 7.69. The number of halogens is 2. The molecule has 4 nitrogen and oxygen atoms in total. The smallest absolute Gasteiger partial charge is 0.255 e. The summed E-state index contributed by atoms with van der Waals surface area (Å²) in [7, 11) is 0. The number of nitrogens with one attached hydrogen (secondary N) is 1. The van der Waals surface area contributed by atoms with E-state index in [-0.39, 0.29) is 5.91 Å². The van der Waals surface area contributed by atoms with E-state index in [1.807, 2.05) is 26.8 Å². The lowest BCUT2D eigenvalue weighted by Gasteiger charge is -2.12. The molecular weight excluding hydrogens is 395 g/mol. The van der Waals surface area contributed by atoms with E-state index >= 15 is 0 Å². The van der Waals surface area contributed by atoms with Gasteiger partial charge in [-0.05, 0) is 43.4 Å². The molecule has 1 aromatic carbocycles. The van der Waals surface area contributed by atoms with E-state index in [4.69, 9.17) is 27.9 Å². The molecule has 154 valence electrons. The average molecular weight is 425 g/mol. The van der Waals surface area contributed by atoms with Crippen molar-refractivity contribution in [2.45, 2.75) is 53.9 Å². The molecule has 0 spiro atoms. The second-order valence-electron chi connectivity index (χ2n) is 6.37. The zero-order valence-electron chi connectivity index (χ0n) is 17.3. The summed E-state index contributed by atoms with van der Waals surface area (Å²) < 4.78 is 5.81. The monoisotopic (exact) mass is 424 g/mol. The van der Waals surface area contributed by atoms with Crippen LogP contribution in [0.1, 0.15) is 62.9 Å². The number of pyridine rings is 1. The standard InChI is InChI=1S/C17H16Cl2N2O2.C3H8.C2H6/c1-10-2-5-12(6-15(10)23-9-11-3-4-11)17(22)21-16-13(18)7-20-8-14(16)19;1-3-2;1-2/h2,5-8,11H,3-4,9H2,1H3,(H,20,21,22);3H2,1-2H3;1-2H3. The predicted molar refractivity (Wildman–Crippen MR) is 119 cm³/mol. The maximum absolute atomic E-state index is 12.4. The molecule has 1 amide bonds. The first-order valence-electron chi connectivity index (χ1n) is 9.80. The molecule has 1 aromatic heterocycles. The maximum atomic E-state index is 12.4. The highest BCUT2D eigenvalue weighted by atomic mass is 35.5. The molecule has 1 aliphatic rings. The van der Waals surface area contributed by atoms with Gasteiger partial charge >= 0.3 is 0 Å². The Kier molecular flexibility index (Phi) is 10.9. The van der Waals surface area contributed by atoms with Crippen molar-refractivity contribution in [2.24, 2.45) is 5.92 Å². The fraction of sp³-hybridized carbons (Fsp3) is 0.455. The van der Waals surface area contributed by atoms with E-state index in [2.05, 4.69) is 24.1 Å². The molecule has 1 saturated carbocycles. The zero-order valence-corrected chi connectivity index (χ0v) is 18.8. The molecule has 1 aliphatic carbocycles. The molecule has 0 radical (unpaired) electrons. The minimum atomic E-state index is -0.295. The Labute approximate surface area is 178 Å². The Morgan fingerprint density at radius 2 is 1.75 bits per heavy atom. The van der Waals surface area contributed by atoms with Crippen LogP contribution in [0, 0.1) is 12.8 Å². The van der Waals surface area contributed by atoms with Gasteiger partial charge in [-0.15, -0.1) is 0 Å². The number of anilines is 1. The summed E-state index contributed by atoms with van der Waals surface area (Å²) in [5.74, 6) is 1.09. The van der Waals surface area contributed by atoms with Crippen LogP contribution in [-0.2, 0) is 0 Å². The van der Waals surface area contributed by atoms with Crippen LogP contribution in [0.5, 0.6) is 5.75 Å². The van der Waals surface area contributed by atoms with Gasteiger partial charge in [0.2, 0.25) is 0 Å². The van der Waals surface area contributed by atoms with Gasteiger partial charge in [0.25, 0.3) is 5.91 Å². The molecule has 2 aromatic rings. The molecule has 0 saturated heterocycles. The van der Waals surface area contributed by atoms with E-state index in [0.29, 0.717) is 33.8 Å². The molecule has 0 bridgehead atoms. The van der Waals surface area contributed by atoms with Gasteiger partial charge in [-0.3, -0.25) is 9.78 Å². The normalized spacial score (nSPS) is 12.1. The van der Waals surface area contributed by atoms with Crippen molar-refractivity contribution in [1.29, 1.82) is 0 Å². The third-order valence-electron chi connectivity index (χ3n) is 3.71. The number of ether oxygens (including phenoxy) is 1. The molecule has 28 heavy (non-hydrogen) atoms. The van der Waals surface area contributed by atoms with E-state index in [1.165, 1.54) is 31.7 Å². The number of nitrogens with zero attached hydrogens (tertiary/aromatic N) is 1. The van der Waals surface area contributed by atoms with Crippen LogP contribution in [0.3, 0.4) is 0 Å². The Balaban J connectivity index is 0.000000717. The first kappa shape index (κ1) is 24.3. The second kappa shape index (κ2) is 12.6. The third-order valence-corrected chi connectivity index (χ3v) is 4.29. The molecule has 0 aliphatic heterocycles. The highest BCUT2D eigenvalue weighted by Gasteiger charge is 2.22. The molecule has 1 heterocycles. The van der Waals surface area contributed by atoms with Crippen molar-refractivity contribution in [2.75, 3.05) is 11.9 Å². The lowest BCUT2D eigenvalue weighted by atomic mass is 10.1. The van der Waals surface area contributed by atoms with Crippen molar-refractivity contribution < 1.29 is 9.53 Å². The summed E-state index contributed by atoms with van der Waals surface area (Å²) in [6.07, 6.45) is 6.56. The Bertz CT molecular complexity index is 742. The number of rotatable bonds is 5. The highest BCUT2D eigenvalue weighted by molar-refractivity contribution is 6.39. The second-order valence-corrected chi connectivity index (χ2v) is 7.19. The van der Waals surface area contributed by atoms with Crippen molar-refractivity contribution in [1.82, 2.24) is 4.98 Å². The van der Waals surface area contributed by atoms with Gasteiger partial charge in [0.1, 0.15) is 5.75 Å². The summed E-state index contributed by atoms with van der Waals surface area (Å²) in [5.41, 5.74) is 1.85. The van der Waals surface area contributed by atoms with Crippen molar-refractivity contribution >= 4 is 34.8 Å². The Morgan fingerprint density at radius 1 is 1.18 bits per heavy atom. The fourth-order valence-electron chi connectivity index (χ4n) is 2.11. The number of benzene rings is 1. The van der Waals surface area contributed by atoms with Gasteiger partial charge in [-0.2, -0.15) is 0 Å². The van der Waals surface area contributed by atoms with Crippen LogP contribution < -0.4 is 10.1 Å². The minimum absolute atomic E-state index is 0.295. The van der Waals surface area contributed by atoms with Gasteiger partial charge < -0.3 is 10.1 Å². The molecule has 0 unspecified atom stereocenters. The number of amides is 1. The number of aromatic nitrogens is 1. The quantitative estimate of drug-likeness (QED) is 0.552. The highest BCUT2D eigenvalue weighted by Crippen LogP contribution is 2.31. The minimum Gasteiger partial charge on any atom is -0.493 e. The van der Waals surface area contributed by atoms with Crippen LogP contribution in [0.15, 0.2) is 30.6 Å². The number of aryl methyl sites for hydroxylation is 1. The fourth-order valence-corrected chi connectivity index (χ4v) is 2.56. The van der Waals surface area contributed by atoms with Crippen LogP contribution in [0.2, 0.25) is 10.0 Å². The first-order valence-corrected chi connectivity index (χ1v) is 10.6. The number of carbonyl (C=O) groups excluding carboxylic acids is 1. The van der Waals surface area contributed by atoms with Gasteiger partial charge in [-0.1, -0.05) is 63.4 Å². The van der Waals surface area contributed by atoms with Crippen LogP contribution in [0.4, 0.5) is 5.69 Å². The topological polar surface area (TPSA) is 51.2 Å². The molecule has 3 rings (SSSR count). The van der Waals surface area contributed by atoms with Gasteiger partial charge in [0, 0.05) is 18.0 Å². The number of carbonyl (C=O) groups is 1. The predicted octanol–water partition coefficient (Wildman–Crippen LogP) is 7.18. The van der Waals surface area contributed by atoms with Crippen LogP contribution in [0.25, 0.3) is 0 Å². The summed E-state index contributed by atoms with van der Waals surface area (Å²) in [4.78, 5) is 16.3. The number of hydrogen-bond donors (Lipinski definition) is 1. The van der Waals surface area contributed by atoms with E-state index in [9.17, 15) is 4.79 Å². The molecule has 0 atom stereocenters. The van der Waals surface area contributed by atoms with Crippen LogP contribution in [-0.4, -0.2) is 17.5 Å². The first-order chi connectivity index (χ1) is 13.5. The SMILES string of the molecule is CC.CCC.Cc1ccc(C(=O)Nc2c(Cl)cncc2Cl)cc1OCC1CC1. The van der Waals surface area contributed by atoms with Crippen molar-refractivity contribution in [3.8, 4) is 5.75 Å². The molecule has 1 fully saturated rings. The average Bonchev–Trinajstić information content (AvgIpc) is 3.51.